The molecule has 5 N–H and O–H groups in total. The first-order valence-electron chi connectivity index (χ1n) is 13.8. The van der Waals surface area contributed by atoms with Crippen LogP contribution in [0.25, 0.3) is 32.6 Å². The van der Waals surface area contributed by atoms with E-state index in [1.165, 1.54) is 35.0 Å². The molecular weight excluding hydrogens is 627 g/mol. The number of carbonyl (C=O) groups excluding carboxylic acids is 1. The van der Waals surface area contributed by atoms with Gasteiger partial charge >= 0.3 is 18.2 Å². The molecule has 0 saturated heterocycles. The van der Waals surface area contributed by atoms with Crippen LogP contribution in [-0.4, -0.2) is 55.0 Å². The number of amides is 2. The molecule has 3 aromatic heterocycles. The number of aromatic carboxylic acids is 1. The van der Waals surface area contributed by atoms with Crippen LogP contribution in [0, 0.1) is 0 Å². The van der Waals surface area contributed by atoms with E-state index in [0.717, 1.165) is 28.5 Å². The lowest BCUT2D eigenvalue weighted by atomic mass is 9.98. The fraction of sp³-hybridized carbons (Fsp3) is 0.194. The van der Waals surface area contributed by atoms with Crippen molar-refractivity contribution in [2.24, 2.45) is 0 Å². The highest BCUT2D eigenvalue weighted by Crippen LogP contribution is 2.39. The van der Waals surface area contributed by atoms with Gasteiger partial charge in [-0.1, -0.05) is 18.2 Å². The number of aromatic hydroxyl groups is 1. The highest BCUT2D eigenvalue weighted by molar-refractivity contribution is 7.13. The Hall–Kier alpha value is -5.28. The molecule has 5 aromatic rings. The Kier molecular flexibility index (Phi) is 9.07. The Morgan fingerprint density at radius 3 is 2.46 bits per heavy atom. The van der Waals surface area contributed by atoms with Crippen molar-refractivity contribution >= 4 is 40.1 Å². The maximum absolute atomic E-state index is 13.4. The molecule has 3 heterocycles. The number of carbonyl (C=O) groups is 2. The molecule has 0 aliphatic heterocycles. The van der Waals surface area contributed by atoms with Crippen LogP contribution in [0.2, 0.25) is 0 Å². The number of aliphatic hydroxyl groups is 1. The summed E-state index contributed by atoms with van der Waals surface area (Å²) in [4.78, 5) is 45.7. The van der Waals surface area contributed by atoms with Crippen LogP contribution in [0.5, 0.6) is 5.75 Å². The number of carboxylic acid groups (broad SMARTS) is 1. The maximum atomic E-state index is 13.4. The number of carboxylic acids is 1. The second-order valence-electron chi connectivity index (χ2n) is 10.2. The number of aliphatic hydroxyl groups excluding tert-OH is 1. The van der Waals surface area contributed by atoms with Gasteiger partial charge in [0, 0.05) is 40.8 Å². The van der Waals surface area contributed by atoms with Crippen molar-refractivity contribution in [1.29, 1.82) is 0 Å². The minimum atomic E-state index is -4.70. The molecule has 2 aromatic carbocycles. The van der Waals surface area contributed by atoms with E-state index in [4.69, 9.17) is 0 Å². The van der Waals surface area contributed by atoms with E-state index in [0.29, 0.717) is 17.6 Å². The van der Waals surface area contributed by atoms with E-state index in [1.54, 1.807) is 31.2 Å². The van der Waals surface area contributed by atoms with Crippen molar-refractivity contribution in [3.63, 3.8) is 0 Å². The number of nitrogens with zero attached hydrogens (tertiary/aromatic N) is 3. The van der Waals surface area contributed by atoms with Crippen LogP contribution in [0.3, 0.4) is 0 Å². The Morgan fingerprint density at radius 2 is 1.83 bits per heavy atom. The van der Waals surface area contributed by atoms with Gasteiger partial charge in [0.1, 0.15) is 22.1 Å². The number of hydrogen-bond donors (Lipinski definition) is 5. The van der Waals surface area contributed by atoms with Gasteiger partial charge in [-0.2, -0.15) is 13.2 Å². The Bertz CT molecular complexity index is 1990. The summed E-state index contributed by atoms with van der Waals surface area (Å²) in [6.45, 7) is 1.60. The third kappa shape index (κ3) is 6.69. The number of anilines is 1. The molecule has 0 fully saturated rings. The van der Waals surface area contributed by atoms with Gasteiger partial charge in [0.25, 0.3) is 0 Å². The predicted molar refractivity (Wildman–Crippen MR) is 165 cm³/mol. The number of alkyl halides is 3. The number of rotatable bonds is 9. The number of thiazole rings is 1. The SMILES string of the molecule is CCNC(=O)Nc1cc(-c2nc(C(F)(F)F)cs2)c(-c2ccc3c(c2)c(=O)c(C(=O)O)cn3[C@@H](CO)Cc2ccc(O)cc2)cn1. The van der Waals surface area contributed by atoms with Crippen LogP contribution >= 0.6 is 11.3 Å². The first kappa shape index (κ1) is 32.1. The zero-order valence-electron chi connectivity index (χ0n) is 24.0. The molecule has 15 heteroatoms. The van der Waals surface area contributed by atoms with Gasteiger partial charge in [-0.05, 0) is 54.8 Å². The summed E-state index contributed by atoms with van der Waals surface area (Å²) < 4.78 is 41.8. The number of aromatic nitrogens is 3. The summed E-state index contributed by atoms with van der Waals surface area (Å²) in [7, 11) is 0. The number of nitrogens with one attached hydrogen (secondary N) is 2. The predicted octanol–water partition coefficient (Wildman–Crippen LogP) is 5.53. The summed E-state index contributed by atoms with van der Waals surface area (Å²) in [6.07, 6.45) is -1.99. The minimum Gasteiger partial charge on any atom is -0.508 e. The Labute approximate surface area is 262 Å². The number of fused-ring (bicyclic) bond motifs is 1. The molecule has 5 rings (SSSR count). The molecule has 2 amide bonds. The third-order valence-corrected chi connectivity index (χ3v) is 7.97. The number of halogens is 3. The average molecular weight is 654 g/mol. The van der Waals surface area contributed by atoms with Crippen LogP contribution in [0.1, 0.15) is 34.6 Å². The van der Waals surface area contributed by atoms with E-state index >= 15 is 0 Å². The molecule has 1 atom stereocenters. The van der Waals surface area contributed by atoms with Crippen molar-refractivity contribution < 1.29 is 38.1 Å². The van der Waals surface area contributed by atoms with Gasteiger partial charge in [-0.3, -0.25) is 10.1 Å². The molecule has 0 spiro atoms. The van der Waals surface area contributed by atoms with Gasteiger partial charge in [-0.15, -0.1) is 11.3 Å². The third-order valence-electron chi connectivity index (χ3n) is 7.09. The summed E-state index contributed by atoms with van der Waals surface area (Å²) in [6, 6.07) is 10.9. The summed E-state index contributed by atoms with van der Waals surface area (Å²) in [5.41, 5.74) is -0.677. The van der Waals surface area contributed by atoms with E-state index in [9.17, 15) is 42.9 Å². The van der Waals surface area contributed by atoms with Crippen LogP contribution in [0.4, 0.5) is 23.8 Å². The molecule has 238 valence electrons. The van der Waals surface area contributed by atoms with Crippen molar-refractivity contribution in [1.82, 2.24) is 19.9 Å². The normalized spacial score (nSPS) is 12.2. The van der Waals surface area contributed by atoms with E-state index in [2.05, 4.69) is 20.6 Å². The molecule has 0 saturated carbocycles. The lowest BCUT2D eigenvalue weighted by molar-refractivity contribution is -0.140. The topological polar surface area (TPSA) is 167 Å². The lowest BCUT2D eigenvalue weighted by Gasteiger charge is -2.22. The number of pyridine rings is 2. The number of hydrogen-bond acceptors (Lipinski definition) is 8. The molecular formula is C31H26F3N5O6S. The first-order valence-corrected chi connectivity index (χ1v) is 14.7. The first-order chi connectivity index (χ1) is 21.9. The van der Waals surface area contributed by atoms with Crippen molar-refractivity contribution in [3.05, 3.63) is 93.3 Å². The minimum absolute atomic E-state index is 0.0212. The second-order valence-corrected chi connectivity index (χ2v) is 11.0. The highest BCUT2D eigenvalue weighted by atomic mass is 32.1. The van der Waals surface area contributed by atoms with E-state index in [-0.39, 0.29) is 39.5 Å². The maximum Gasteiger partial charge on any atom is 0.434 e. The van der Waals surface area contributed by atoms with Crippen LogP contribution < -0.4 is 16.1 Å². The molecule has 0 aliphatic rings. The van der Waals surface area contributed by atoms with Crippen molar-refractivity contribution in [3.8, 4) is 27.4 Å². The molecule has 0 unspecified atom stereocenters. The van der Waals surface area contributed by atoms with Gasteiger partial charge in [0.15, 0.2) is 5.69 Å². The van der Waals surface area contributed by atoms with Crippen molar-refractivity contribution in [2.45, 2.75) is 25.6 Å². The zero-order chi connectivity index (χ0) is 33.2. The summed E-state index contributed by atoms with van der Waals surface area (Å²) in [5, 5.41) is 35.6. The van der Waals surface area contributed by atoms with Gasteiger partial charge in [0.05, 0.1) is 18.2 Å². The van der Waals surface area contributed by atoms with Crippen molar-refractivity contribution in [2.75, 3.05) is 18.5 Å². The molecule has 0 radical (unpaired) electrons. The fourth-order valence-corrected chi connectivity index (χ4v) is 5.77. The summed E-state index contributed by atoms with van der Waals surface area (Å²) >= 11 is 0.726. The summed E-state index contributed by atoms with van der Waals surface area (Å²) in [5.74, 6) is -1.41. The number of urea groups is 1. The van der Waals surface area contributed by atoms with Gasteiger partial charge in [0.2, 0.25) is 5.43 Å². The van der Waals surface area contributed by atoms with Gasteiger partial charge in [-0.25, -0.2) is 19.6 Å². The molecule has 0 bridgehead atoms. The number of phenols is 1. The lowest BCUT2D eigenvalue weighted by Crippen LogP contribution is -2.28. The number of phenolic OH excluding ortho intramolecular Hbond substituents is 1. The smallest absolute Gasteiger partial charge is 0.434 e. The van der Waals surface area contributed by atoms with Crippen LogP contribution in [0.15, 0.2) is 71.1 Å². The molecule has 11 nitrogen and oxygen atoms in total. The second kappa shape index (κ2) is 13.0. The Morgan fingerprint density at radius 1 is 1.09 bits per heavy atom. The zero-order valence-corrected chi connectivity index (χ0v) is 24.8. The Balaban J connectivity index is 1.67. The molecule has 46 heavy (non-hydrogen) atoms. The monoisotopic (exact) mass is 653 g/mol. The fourth-order valence-electron chi connectivity index (χ4n) is 4.91. The van der Waals surface area contributed by atoms with Gasteiger partial charge < -0.3 is 25.2 Å². The highest BCUT2D eigenvalue weighted by Gasteiger charge is 2.34. The average Bonchev–Trinajstić information content (AvgIpc) is 3.52. The standard InChI is InChI=1S/C31H26F3N5O6S/c1-2-35-30(45)38-26-11-20(28-37-25(15-46-28)31(32,33)34)22(12-36-26)17-5-8-24-21(10-17)27(42)23(29(43)44)13-39(24)18(14-40)9-16-3-6-19(41)7-4-16/h3-8,10-13,15,18,40-41H,2,9,14H2,1H3,(H,43,44)(H2,35,36,38,45)/t18-/m1/s1. The molecule has 0 aliphatic carbocycles. The quantitative estimate of drug-likeness (QED) is 0.139. The largest absolute Gasteiger partial charge is 0.508 e. The van der Waals surface area contributed by atoms with Crippen LogP contribution in [-0.2, 0) is 12.6 Å². The van der Waals surface area contributed by atoms with E-state index in [1.807, 2.05) is 0 Å². The van der Waals surface area contributed by atoms with E-state index < -0.39 is 47.5 Å². The number of benzene rings is 2.